The molecule has 2 amide bonds. The molecule has 2 rings (SSSR count). The normalized spacial score (nSPS) is 25.1. The largest absolute Gasteiger partial charge is 0.389 e. The minimum absolute atomic E-state index is 0.00498. The summed E-state index contributed by atoms with van der Waals surface area (Å²) in [4.78, 5) is 25.3. The van der Waals surface area contributed by atoms with Crippen molar-refractivity contribution < 1.29 is 22.8 Å². The highest BCUT2D eigenvalue weighted by Gasteiger charge is 2.38. The maximum Gasteiger partial charge on any atom is 0.389 e. The van der Waals surface area contributed by atoms with Crippen LogP contribution in [0, 0.1) is 5.92 Å². The van der Waals surface area contributed by atoms with E-state index in [1.54, 1.807) is 0 Å². The van der Waals surface area contributed by atoms with Crippen LogP contribution in [0.25, 0.3) is 0 Å². The molecule has 0 bridgehead atoms. The smallest absolute Gasteiger partial charge is 0.342 e. The Hall–Kier alpha value is -1.27. The van der Waals surface area contributed by atoms with E-state index in [1.807, 2.05) is 0 Å². The summed E-state index contributed by atoms with van der Waals surface area (Å²) in [6.45, 7) is -0.130. The van der Waals surface area contributed by atoms with Gasteiger partial charge in [-0.05, 0) is 25.2 Å². The molecule has 1 aliphatic carbocycles. The fraction of sp³-hybridized carbons (Fsp3) is 0.857. The van der Waals surface area contributed by atoms with E-state index in [-0.39, 0.29) is 37.2 Å². The van der Waals surface area contributed by atoms with Crippen LogP contribution in [-0.4, -0.2) is 42.0 Å². The van der Waals surface area contributed by atoms with Crippen molar-refractivity contribution in [1.82, 2.24) is 10.2 Å². The average Bonchev–Trinajstić information content (AvgIpc) is 2.42. The minimum atomic E-state index is -4.22. The molecule has 1 atom stereocenters. The standard InChI is InChI=1S/C14H21F3N2O2/c15-14(16,17)7-4-8-19-9-11(20)18-12(13(19)21)10-5-2-1-3-6-10/h10,12H,1-9H2,(H,18,20). The van der Waals surface area contributed by atoms with Crippen LogP contribution in [0.3, 0.4) is 0 Å². The number of amides is 2. The number of piperazine rings is 1. The predicted molar refractivity (Wildman–Crippen MR) is 70.4 cm³/mol. The van der Waals surface area contributed by atoms with Gasteiger partial charge in [-0.25, -0.2) is 0 Å². The van der Waals surface area contributed by atoms with Crippen LogP contribution in [0.5, 0.6) is 0 Å². The molecule has 1 saturated heterocycles. The van der Waals surface area contributed by atoms with Gasteiger partial charge in [0.05, 0.1) is 6.54 Å². The molecule has 1 saturated carbocycles. The van der Waals surface area contributed by atoms with E-state index in [0.29, 0.717) is 0 Å². The number of nitrogens with one attached hydrogen (secondary N) is 1. The maximum absolute atomic E-state index is 12.4. The van der Waals surface area contributed by atoms with E-state index in [9.17, 15) is 22.8 Å². The highest BCUT2D eigenvalue weighted by Crippen LogP contribution is 2.28. The summed E-state index contributed by atoms with van der Waals surface area (Å²) in [6.07, 6.45) is -0.284. The molecule has 2 aliphatic rings. The Bertz CT molecular complexity index is 392. The quantitative estimate of drug-likeness (QED) is 0.866. The first kappa shape index (κ1) is 16.1. The zero-order chi connectivity index (χ0) is 15.5. The molecule has 0 radical (unpaired) electrons. The Labute approximate surface area is 122 Å². The van der Waals surface area contributed by atoms with E-state index >= 15 is 0 Å². The van der Waals surface area contributed by atoms with Crippen molar-refractivity contribution in [2.75, 3.05) is 13.1 Å². The van der Waals surface area contributed by atoms with Crippen molar-refractivity contribution in [2.24, 2.45) is 5.92 Å². The van der Waals surface area contributed by atoms with Crippen molar-refractivity contribution in [3.8, 4) is 0 Å². The number of hydrogen-bond acceptors (Lipinski definition) is 2. The molecule has 21 heavy (non-hydrogen) atoms. The van der Waals surface area contributed by atoms with E-state index in [4.69, 9.17) is 0 Å². The van der Waals surface area contributed by atoms with Crippen molar-refractivity contribution in [3.05, 3.63) is 0 Å². The van der Waals surface area contributed by atoms with Crippen LogP contribution in [-0.2, 0) is 9.59 Å². The summed E-state index contributed by atoms with van der Waals surface area (Å²) >= 11 is 0. The third-order valence-electron chi connectivity index (χ3n) is 4.24. The van der Waals surface area contributed by atoms with Crippen molar-refractivity contribution in [2.45, 2.75) is 57.2 Å². The van der Waals surface area contributed by atoms with E-state index in [2.05, 4.69) is 5.32 Å². The Morgan fingerprint density at radius 3 is 2.43 bits per heavy atom. The third-order valence-corrected chi connectivity index (χ3v) is 4.24. The highest BCUT2D eigenvalue weighted by molar-refractivity contribution is 5.95. The summed E-state index contributed by atoms with van der Waals surface area (Å²) in [5.74, 6) is -0.360. The lowest BCUT2D eigenvalue weighted by atomic mass is 9.82. The lowest BCUT2D eigenvalue weighted by molar-refractivity contribution is -0.149. The van der Waals surface area contributed by atoms with Crippen LogP contribution in [0.1, 0.15) is 44.9 Å². The maximum atomic E-state index is 12.4. The van der Waals surface area contributed by atoms with Crippen LogP contribution in [0.2, 0.25) is 0 Å². The molecule has 0 aromatic heterocycles. The fourth-order valence-corrected chi connectivity index (χ4v) is 3.18. The number of nitrogens with zero attached hydrogens (tertiary/aromatic N) is 1. The fourth-order valence-electron chi connectivity index (χ4n) is 3.18. The van der Waals surface area contributed by atoms with Gasteiger partial charge in [0.15, 0.2) is 0 Å². The number of rotatable bonds is 4. The molecule has 0 aromatic carbocycles. The van der Waals surface area contributed by atoms with Gasteiger partial charge in [0.25, 0.3) is 0 Å². The molecule has 120 valence electrons. The Balaban J connectivity index is 1.92. The van der Waals surface area contributed by atoms with Gasteiger partial charge in [-0.2, -0.15) is 13.2 Å². The SMILES string of the molecule is O=C1CN(CCCC(F)(F)F)C(=O)C(C2CCCCC2)N1. The summed E-state index contributed by atoms with van der Waals surface area (Å²) in [7, 11) is 0. The molecule has 0 aromatic rings. The second kappa shape index (κ2) is 6.66. The van der Waals surface area contributed by atoms with Gasteiger partial charge >= 0.3 is 6.18 Å². The molecular formula is C14H21F3N2O2. The molecule has 4 nitrogen and oxygen atoms in total. The van der Waals surface area contributed by atoms with Crippen LogP contribution >= 0.6 is 0 Å². The zero-order valence-corrected chi connectivity index (χ0v) is 11.9. The molecule has 1 unspecified atom stereocenters. The molecule has 7 heteroatoms. The second-order valence-electron chi connectivity index (χ2n) is 5.92. The number of halogens is 3. The van der Waals surface area contributed by atoms with Crippen LogP contribution in [0.4, 0.5) is 13.2 Å². The van der Waals surface area contributed by atoms with Crippen LogP contribution < -0.4 is 5.32 Å². The predicted octanol–water partition coefficient (Wildman–Crippen LogP) is 2.24. The summed E-state index contributed by atoms with van der Waals surface area (Å²) in [5.41, 5.74) is 0. The molecular weight excluding hydrogens is 285 g/mol. The van der Waals surface area contributed by atoms with Crippen molar-refractivity contribution >= 4 is 11.8 Å². The van der Waals surface area contributed by atoms with Crippen molar-refractivity contribution in [1.29, 1.82) is 0 Å². The van der Waals surface area contributed by atoms with Gasteiger partial charge < -0.3 is 10.2 Å². The lowest BCUT2D eigenvalue weighted by Crippen LogP contribution is -2.60. The zero-order valence-electron chi connectivity index (χ0n) is 11.9. The van der Waals surface area contributed by atoms with Gasteiger partial charge in [-0.1, -0.05) is 19.3 Å². The van der Waals surface area contributed by atoms with Gasteiger partial charge in [0.1, 0.15) is 6.04 Å². The van der Waals surface area contributed by atoms with E-state index in [1.165, 1.54) is 4.90 Å². The van der Waals surface area contributed by atoms with Gasteiger partial charge in [-0.3, -0.25) is 9.59 Å². The van der Waals surface area contributed by atoms with E-state index < -0.39 is 18.6 Å². The topological polar surface area (TPSA) is 49.4 Å². The summed E-state index contributed by atoms with van der Waals surface area (Å²) in [5, 5.41) is 2.72. The molecule has 1 aliphatic heterocycles. The third kappa shape index (κ3) is 4.61. The number of hydrogen-bond donors (Lipinski definition) is 1. The molecule has 1 N–H and O–H groups in total. The average molecular weight is 306 g/mol. The van der Waals surface area contributed by atoms with E-state index in [0.717, 1.165) is 32.1 Å². The lowest BCUT2D eigenvalue weighted by Gasteiger charge is -2.37. The minimum Gasteiger partial charge on any atom is -0.342 e. The van der Waals surface area contributed by atoms with Gasteiger partial charge in [0.2, 0.25) is 11.8 Å². The number of carbonyl (C=O) groups is 2. The Morgan fingerprint density at radius 1 is 1.14 bits per heavy atom. The second-order valence-corrected chi connectivity index (χ2v) is 5.92. The first-order valence-corrected chi connectivity index (χ1v) is 7.52. The summed E-state index contributed by atoms with van der Waals surface area (Å²) < 4.78 is 36.5. The molecule has 2 fully saturated rings. The highest BCUT2D eigenvalue weighted by atomic mass is 19.4. The monoisotopic (exact) mass is 306 g/mol. The molecule has 0 spiro atoms. The van der Waals surface area contributed by atoms with Crippen LogP contribution in [0.15, 0.2) is 0 Å². The van der Waals surface area contributed by atoms with Gasteiger partial charge in [-0.15, -0.1) is 0 Å². The Kier molecular flexibility index (Phi) is 5.11. The molecule has 1 heterocycles. The summed E-state index contributed by atoms with van der Waals surface area (Å²) in [6, 6.07) is -0.544. The first-order chi connectivity index (χ1) is 9.87. The number of alkyl halides is 3. The van der Waals surface area contributed by atoms with Crippen molar-refractivity contribution in [3.63, 3.8) is 0 Å². The number of carbonyl (C=O) groups excluding carboxylic acids is 2. The first-order valence-electron chi connectivity index (χ1n) is 7.52. The Morgan fingerprint density at radius 2 is 1.81 bits per heavy atom. The van der Waals surface area contributed by atoms with Gasteiger partial charge in [0, 0.05) is 13.0 Å².